The number of nitrogens with one attached hydrogen (secondary N) is 1. The summed E-state index contributed by atoms with van der Waals surface area (Å²) < 4.78 is 0. The van der Waals surface area contributed by atoms with Crippen LogP contribution >= 0.6 is 11.3 Å². The highest BCUT2D eigenvalue weighted by atomic mass is 32.1. The molecule has 1 saturated heterocycles. The molecule has 0 spiro atoms. The van der Waals surface area contributed by atoms with Crippen molar-refractivity contribution >= 4 is 11.3 Å². The van der Waals surface area contributed by atoms with E-state index in [1.165, 1.54) is 29.1 Å². The van der Waals surface area contributed by atoms with Gasteiger partial charge in [0.15, 0.2) is 0 Å². The second-order valence-corrected chi connectivity index (χ2v) is 6.81. The Kier molecular flexibility index (Phi) is 3.71. The maximum absolute atomic E-state index is 4.84. The van der Waals surface area contributed by atoms with Gasteiger partial charge in [-0.3, -0.25) is 9.88 Å². The normalized spacial score (nSPS) is 23.3. The Morgan fingerprint density at radius 2 is 2.14 bits per heavy atom. The number of hydrogen-bond acceptors (Lipinski definition) is 5. The fourth-order valence-corrected chi connectivity index (χ4v) is 3.95. The summed E-state index contributed by atoms with van der Waals surface area (Å²) in [6, 6.07) is 4.68. The van der Waals surface area contributed by atoms with Crippen molar-refractivity contribution < 1.29 is 0 Å². The number of rotatable bonds is 4. The second-order valence-electron chi connectivity index (χ2n) is 5.92. The van der Waals surface area contributed by atoms with Crippen LogP contribution < -0.4 is 5.32 Å². The van der Waals surface area contributed by atoms with Crippen molar-refractivity contribution in [2.45, 2.75) is 31.3 Å². The molecule has 1 saturated carbocycles. The van der Waals surface area contributed by atoms with Gasteiger partial charge in [0.2, 0.25) is 0 Å². The molecule has 1 N–H and O–H groups in total. The number of thiazole rings is 1. The first-order valence-electron chi connectivity index (χ1n) is 7.69. The summed E-state index contributed by atoms with van der Waals surface area (Å²) in [5.41, 5.74) is 2.58. The smallest absolute Gasteiger partial charge is 0.0959 e. The lowest BCUT2D eigenvalue weighted by molar-refractivity contribution is 0.152. The summed E-state index contributed by atoms with van der Waals surface area (Å²) in [7, 11) is 0. The predicted octanol–water partition coefficient (Wildman–Crippen LogP) is 2.56. The van der Waals surface area contributed by atoms with E-state index in [-0.39, 0.29) is 0 Å². The quantitative estimate of drug-likeness (QED) is 0.942. The van der Waals surface area contributed by atoms with E-state index < -0.39 is 0 Å². The molecule has 110 valence electrons. The lowest BCUT2D eigenvalue weighted by atomic mass is 10.0. The van der Waals surface area contributed by atoms with Gasteiger partial charge in [-0.15, -0.1) is 11.3 Å². The van der Waals surface area contributed by atoms with Gasteiger partial charge in [0, 0.05) is 55.9 Å². The Morgan fingerprint density at radius 3 is 2.95 bits per heavy atom. The third-order valence-corrected chi connectivity index (χ3v) is 5.36. The Balaban J connectivity index is 1.50. The molecule has 1 aliphatic heterocycles. The third-order valence-electron chi connectivity index (χ3n) is 4.31. The number of pyridine rings is 1. The lowest BCUT2D eigenvalue weighted by Crippen LogP contribution is -2.45. The highest BCUT2D eigenvalue weighted by Gasteiger charge is 2.28. The molecule has 5 heteroatoms. The van der Waals surface area contributed by atoms with Gasteiger partial charge < -0.3 is 5.32 Å². The minimum absolute atomic E-state index is 0.424. The van der Waals surface area contributed by atoms with Gasteiger partial charge in [-0.25, -0.2) is 4.98 Å². The van der Waals surface area contributed by atoms with E-state index in [0.29, 0.717) is 6.04 Å². The van der Waals surface area contributed by atoms with Crippen molar-refractivity contribution in [3.05, 3.63) is 46.2 Å². The van der Waals surface area contributed by atoms with Crippen LogP contribution in [-0.2, 0) is 6.54 Å². The Labute approximate surface area is 129 Å². The fourth-order valence-electron chi connectivity index (χ4n) is 2.97. The van der Waals surface area contributed by atoms with E-state index in [4.69, 9.17) is 4.98 Å². The fraction of sp³-hybridized carbons (Fsp3) is 0.500. The number of nitrogens with zero attached hydrogens (tertiary/aromatic N) is 3. The first-order chi connectivity index (χ1) is 10.4. The van der Waals surface area contributed by atoms with Crippen molar-refractivity contribution in [3.8, 4) is 0 Å². The Bertz CT molecular complexity index is 593. The van der Waals surface area contributed by atoms with Crippen LogP contribution in [0.15, 0.2) is 29.9 Å². The van der Waals surface area contributed by atoms with Crippen molar-refractivity contribution in [2.24, 2.45) is 0 Å². The molecule has 0 radical (unpaired) electrons. The van der Waals surface area contributed by atoms with Gasteiger partial charge in [-0.1, -0.05) is 0 Å². The van der Waals surface area contributed by atoms with Crippen LogP contribution in [-0.4, -0.2) is 34.5 Å². The molecule has 2 aromatic rings. The van der Waals surface area contributed by atoms with Crippen LogP contribution in [0.5, 0.6) is 0 Å². The zero-order valence-corrected chi connectivity index (χ0v) is 12.9. The molecule has 2 aliphatic rings. The zero-order chi connectivity index (χ0) is 14.1. The molecule has 4 rings (SSSR count). The molecule has 1 unspecified atom stereocenters. The minimum atomic E-state index is 0.424. The first kappa shape index (κ1) is 13.4. The number of piperazine rings is 1. The molecule has 0 bridgehead atoms. The van der Waals surface area contributed by atoms with E-state index in [2.05, 4.69) is 32.7 Å². The molecular weight excluding hydrogens is 280 g/mol. The predicted molar refractivity (Wildman–Crippen MR) is 84.3 cm³/mol. The van der Waals surface area contributed by atoms with Gasteiger partial charge >= 0.3 is 0 Å². The van der Waals surface area contributed by atoms with E-state index >= 15 is 0 Å². The molecule has 2 aromatic heterocycles. The highest BCUT2D eigenvalue weighted by molar-refractivity contribution is 7.09. The first-order valence-corrected chi connectivity index (χ1v) is 8.57. The molecule has 3 heterocycles. The summed E-state index contributed by atoms with van der Waals surface area (Å²) in [4.78, 5) is 11.5. The SMILES string of the molecule is c1cc(C2CNCCN2Cc2csc(C3CC3)n2)ccn1. The van der Waals surface area contributed by atoms with Crippen molar-refractivity contribution in [1.82, 2.24) is 20.2 Å². The summed E-state index contributed by atoms with van der Waals surface area (Å²) in [6.45, 7) is 4.09. The molecular formula is C16H20N4S. The van der Waals surface area contributed by atoms with Crippen molar-refractivity contribution in [2.75, 3.05) is 19.6 Å². The van der Waals surface area contributed by atoms with E-state index in [0.717, 1.165) is 32.1 Å². The van der Waals surface area contributed by atoms with Crippen LogP contribution in [0.3, 0.4) is 0 Å². The van der Waals surface area contributed by atoms with Gasteiger partial charge in [0.25, 0.3) is 0 Å². The summed E-state index contributed by atoms with van der Waals surface area (Å²) >= 11 is 1.84. The number of hydrogen-bond donors (Lipinski definition) is 1. The van der Waals surface area contributed by atoms with Gasteiger partial charge in [-0.05, 0) is 30.5 Å². The van der Waals surface area contributed by atoms with Crippen molar-refractivity contribution in [1.29, 1.82) is 0 Å². The van der Waals surface area contributed by atoms with Crippen LogP contribution in [0.2, 0.25) is 0 Å². The van der Waals surface area contributed by atoms with Crippen molar-refractivity contribution in [3.63, 3.8) is 0 Å². The average molecular weight is 300 g/mol. The maximum Gasteiger partial charge on any atom is 0.0959 e. The van der Waals surface area contributed by atoms with E-state index in [9.17, 15) is 0 Å². The summed E-state index contributed by atoms with van der Waals surface area (Å²) in [5, 5.41) is 7.10. The van der Waals surface area contributed by atoms with Gasteiger partial charge in [-0.2, -0.15) is 0 Å². The monoisotopic (exact) mass is 300 g/mol. The van der Waals surface area contributed by atoms with Crippen LogP contribution in [0.1, 0.15) is 41.1 Å². The van der Waals surface area contributed by atoms with E-state index in [1.807, 2.05) is 23.7 Å². The molecule has 0 amide bonds. The van der Waals surface area contributed by atoms with Crippen LogP contribution in [0.4, 0.5) is 0 Å². The largest absolute Gasteiger partial charge is 0.314 e. The molecule has 21 heavy (non-hydrogen) atoms. The minimum Gasteiger partial charge on any atom is -0.314 e. The molecule has 4 nitrogen and oxygen atoms in total. The number of aromatic nitrogens is 2. The molecule has 2 fully saturated rings. The van der Waals surface area contributed by atoms with Crippen LogP contribution in [0, 0.1) is 0 Å². The lowest BCUT2D eigenvalue weighted by Gasteiger charge is -2.36. The summed E-state index contributed by atoms with van der Waals surface area (Å²) in [5.74, 6) is 0.766. The van der Waals surface area contributed by atoms with E-state index in [1.54, 1.807) is 0 Å². The third kappa shape index (κ3) is 3.00. The maximum atomic E-state index is 4.84. The summed E-state index contributed by atoms with van der Waals surface area (Å²) in [6.07, 6.45) is 6.44. The zero-order valence-electron chi connectivity index (χ0n) is 12.0. The molecule has 1 atom stereocenters. The average Bonchev–Trinajstić information content (AvgIpc) is 3.29. The van der Waals surface area contributed by atoms with Crippen LogP contribution in [0.25, 0.3) is 0 Å². The topological polar surface area (TPSA) is 41.0 Å². The Hall–Kier alpha value is -1.30. The second kappa shape index (κ2) is 5.83. The van der Waals surface area contributed by atoms with Gasteiger partial charge in [0.05, 0.1) is 10.7 Å². The Morgan fingerprint density at radius 1 is 1.29 bits per heavy atom. The highest BCUT2D eigenvalue weighted by Crippen LogP contribution is 2.41. The standard InChI is InChI=1S/C16H20N4S/c1-2-13(1)16-19-14(11-21-16)10-20-8-7-18-9-15(20)12-3-5-17-6-4-12/h3-6,11,13,15,18H,1-2,7-10H2. The molecule has 1 aliphatic carbocycles. The van der Waals surface area contributed by atoms with Gasteiger partial charge in [0.1, 0.15) is 0 Å². The molecule has 0 aromatic carbocycles.